The lowest BCUT2D eigenvalue weighted by Crippen LogP contribution is -2.17. The number of benzene rings is 5. The summed E-state index contributed by atoms with van der Waals surface area (Å²) in [5, 5.41) is 7.59. The first-order valence-electron chi connectivity index (χ1n) is 15.3. The molecule has 216 valence electrons. The molecule has 1 unspecified atom stereocenters. The number of imidazole rings is 1. The Morgan fingerprint density at radius 2 is 1.48 bits per heavy atom. The van der Waals surface area contributed by atoms with Crippen LogP contribution in [0.1, 0.15) is 33.6 Å². The van der Waals surface area contributed by atoms with Gasteiger partial charge in [-0.2, -0.15) is 0 Å². The Kier molecular flexibility index (Phi) is 7.07. The van der Waals surface area contributed by atoms with Crippen molar-refractivity contribution in [2.24, 2.45) is 0 Å². The molecule has 5 aromatic carbocycles. The zero-order valence-corrected chi connectivity index (χ0v) is 26.3. The highest BCUT2D eigenvalue weighted by Crippen LogP contribution is 2.53. The standard InChI is InChI=1S/C40H35N2OP/c1-5-13-30(27(3)6-2)24-28(4)44(43,32-21-20-29-14-7-8-15-31(29)25-32)33-22-23-34-35-16-9-11-18-38(35)42-39-19-12-10-17-37(39)41-40(42)36(34)26-33/h6-12,14-26H,4-5,13H2,1-3H3/b27-6-,30-24-. The summed E-state index contributed by atoms with van der Waals surface area (Å²) in [6, 6.07) is 37.4. The second-order valence-electron chi connectivity index (χ2n) is 11.5. The Bertz CT molecular complexity index is 2370. The summed E-state index contributed by atoms with van der Waals surface area (Å²) in [5.41, 5.74) is 6.33. The van der Waals surface area contributed by atoms with Crippen molar-refractivity contribution in [2.45, 2.75) is 33.6 Å². The van der Waals surface area contributed by atoms with Gasteiger partial charge in [-0.1, -0.05) is 110 Å². The van der Waals surface area contributed by atoms with Gasteiger partial charge in [0.2, 0.25) is 0 Å². The summed E-state index contributed by atoms with van der Waals surface area (Å²) in [6.07, 6.45) is 6.10. The molecular weight excluding hydrogens is 555 g/mol. The van der Waals surface area contributed by atoms with Crippen molar-refractivity contribution in [1.82, 2.24) is 9.38 Å². The minimum Gasteiger partial charge on any atom is -0.309 e. The van der Waals surface area contributed by atoms with Crippen molar-refractivity contribution in [3.63, 3.8) is 0 Å². The highest BCUT2D eigenvalue weighted by Gasteiger charge is 2.31. The van der Waals surface area contributed by atoms with Crippen LogP contribution in [0.4, 0.5) is 0 Å². The number of allylic oxidation sites excluding steroid dienone is 5. The van der Waals surface area contributed by atoms with Crippen LogP contribution in [-0.2, 0) is 4.57 Å². The van der Waals surface area contributed by atoms with Gasteiger partial charge >= 0.3 is 0 Å². The fraction of sp³-hybridized carbons (Fsp3) is 0.125. The third-order valence-electron chi connectivity index (χ3n) is 8.90. The molecule has 0 N–H and O–H groups in total. The number of aromatic nitrogens is 2. The van der Waals surface area contributed by atoms with E-state index in [1.165, 1.54) is 11.1 Å². The summed E-state index contributed by atoms with van der Waals surface area (Å²) >= 11 is 0. The lowest BCUT2D eigenvalue weighted by atomic mass is 10.0. The second kappa shape index (κ2) is 11.1. The van der Waals surface area contributed by atoms with Crippen LogP contribution in [0.2, 0.25) is 0 Å². The van der Waals surface area contributed by atoms with Gasteiger partial charge in [0.1, 0.15) is 5.65 Å². The van der Waals surface area contributed by atoms with Crippen LogP contribution in [0.15, 0.2) is 144 Å². The third-order valence-corrected chi connectivity index (χ3v) is 11.9. The first-order valence-corrected chi connectivity index (χ1v) is 17.0. The molecule has 44 heavy (non-hydrogen) atoms. The van der Waals surface area contributed by atoms with E-state index in [0.29, 0.717) is 5.31 Å². The fourth-order valence-electron chi connectivity index (χ4n) is 6.48. The van der Waals surface area contributed by atoms with E-state index in [-0.39, 0.29) is 0 Å². The van der Waals surface area contributed by atoms with Crippen LogP contribution in [-0.4, -0.2) is 9.38 Å². The van der Waals surface area contributed by atoms with E-state index in [2.05, 4.69) is 123 Å². The smallest absolute Gasteiger partial charge is 0.170 e. The van der Waals surface area contributed by atoms with E-state index >= 15 is 4.57 Å². The minimum absolute atomic E-state index is 0.641. The molecule has 3 nitrogen and oxygen atoms in total. The molecule has 4 heteroatoms. The van der Waals surface area contributed by atoms with E-state index in [0.717, 1.165) is 72.6 Å². The number of para-hydroxylation sites is 3. The lowest BCUT2D eigenvalue weighted by Gasteiger charge is -2.22. The van der Waals surface area contributed by atoms with Crippen molar-refractivity contribution in [2.75, 3.05) is 0 Å². The molecule has 0 fully saturated rings. The van der Waals surface area contributed by atoms with Gasteiger partial charge < -0.3 is 4.57 Å². The van der Waals surface area contributed by atoms with Gasteiger partial charge in [-0.05, 0) is 78.4 Å². The zero-order chi connectivity index (χ0) is 30.4. The van der Waals surface area contributed by atoms with Gasteiger partial charge in [0.25, 0.3) is 0 Å². The molecule has 2 aromatic heterocycles. The molecule has 7 aromatic rings. The Hall–Kier alpha value is -4.72. The van der Waals surface area contributed by atoms with Crippen molar-refractivity contribution in [3.05, 3.63) is 144 Å². The van der Waals surface area contributed by atoms with Crippen LogP contribution >= 0.6 is 7.14 Å². The van der Waals surface area contributed by atoms with Crippen molar-refractivity contribution in [1.29, 1.82) is 0 Å². The molecule has 0 bridgehead atoms. The van der Waals surface area contributed by atoms with E-state index in [1.54, 1.807) is 0 Å². The quantitative estimate of drug-likeness (QED) is 0.105. The molecule has 0 aliphatic rings. The van der Waals surface area contributed by atoms with Gasteiger partial charge in [-0.15, -0.1) is 0 Å². The van der Waals surface area contributed by atoms with Crippen LogP contribution in [0, 0.1) is 0 Å². The van der Waals surface area contributed by atoms with Crippen molar-refractivity contribution < 1.29 is 4.57 Å². The Balaban J connectivity index is 1.55. The molecule has 0 spiro atoms. The Morgan fingerprint density at radius 1 is 0.795 bits per heavy atom. The van der Waals surface area contributed by atoms with Crippen molar-refractivity contribution >= 4 is 66.9 Å². The van der Waals surface area contributed by atoms with Gasteiger partial charge in [-0.3, -0.25) is 4.40 Å². The normalized spacial score (nSPS) is 14.2. The Labute approximate surface area is 258 Å². The summed E-state index contributed by atoms with van der Waals surface area (Å²) < 4.78 is 18.1. The van der Waals surface area contributed by atoms with E-state index in [9.17, 15) is 0 Å². The molecule has 2 heterocycles. The van der Waals surface area contributed by atoms with Crippen LogP contribution in [0.5, 0.6) is 0 Å². The summed E-state index contributed by atoms with van der Waals surface area (Å²) in [7, 11) is -3.36. The number of fused-ring (bicyclic) bond motifs is 9. The topological polar surface area (TPSA) is 34.4 Å². The zero-order valence-electron chi connectivity index (χ0n) is 25.4. The second-order valence-corrected chi connectivity index (χ2v) is 14.4. The number of rotatable bonds is 7. The predicted molar refractivity (Wildman–Crippen MR) is 190 cm³/mol. The van der Waals surface area contributed by atoms with Crippen molar-refractivity contribution in [3.8, 4) is 0 Å². The maximum Gasteiger partial charge on any atom is 0.170 e. The maximum atomic E-state index is 15.8. The molecule has 0 saturated carbocycles. The molecule has 0 aliphatic heterocycles. The maximum absolute atomic E-state index is 15.8. The number of nitrogens with zero attached hydrogens (tertiary/aromatic N) is 2. The first kappa shape index (κ1) is 28.1. The summed E-state index contributed by atoms with van der Waals surface area (Å²) in [5.74, 6) is 0. The van der Waals surface area contributed by atoms with E-state index < -0.39 is 7.14 Å². The lowest BCUT2D eigenvalue weighted by molar-refractivity contribution is 0.591. The number of pyridine rings is 1. The Morgan fingerprint density at radius 3 is 2.27 bits per heavy atom. The molecule has 0 radical (unpaired) electrons. The molecule has 1 atom stereocenters. The highest BCUT2D eigenvalue weighted by molar-refractivity contribution is 7.82. The number of hydrogen-bond donors (Lipinski definition) is 0. The monoisotopic (exact) mass is 590 g/mol. The molecule has 7 rings (SSSR count). The average molecular weight is 591 g/mol. The van der Waals surface area contributed by atoms with Gasteiger partial charge in [0, 0.05) is 26.7 Å². The highest BCUT2D eigenvalue weighted by atomic mass is 31.2. The SMILES string of the molecule is C=C(/C=C(CCC)\C(C)=C/C)P(=O)(c1ccc2ccccc2c1)c1ccc2c3ccccc3n3c4ccccc4nc3c2c1. The third kappa shape index (κ3) is 4.43. The average Bonchev–Trinajstić information content (AvgIpc) is 3.47. The van der Waals surface area contributed by atoms with Gasteiger partial charge in [0.15, 0.2) is 7.14 Å². The number of hydrogen-bond acceptors (Lipinski definition) is 2. The summed E-state index contributed by atoms with van der Waals surface area (Å²) in [4.78, 5) is 5.11. The fourth-order valence-corrected chi connectivity index (χ4v) is 8.98. The van der Waals surface area contributed by atoms with E-state index in [4.69, 9.17) is 4.98 Å². The van der Waals surface area contributed by atoms with Crippen LogP contribution in [0.25, 0.3) is 49.1 Å². The van der Waals surface area contributed by atoms with Gasteiger partial charge in [-0.25, -0.2) is 4.98 Å². The largest absolute Gasteiger partial charge is 0.309 e. The minimum atomic E-state index is -3.36. The predicted octanol–water partition coefficient (Wildman–Crippen LogP) is 10.5. The molecular formula is C40H35N2OP. The van der Waals surface area contributed by atoms with Gasteiger partial charge in [0.05, 0.1) is 16.6 Å². The molecule has 0 saturated heterocycles. The van der Waals surface area contributed by atoms with Crippen LogP contribution in [0.3, 0.4) is 0 Å². The first-order chi connectivity index (χ1) is 21.4. The van der Waals surface area contributed by atoms with E-state index in [1.807, 2.05) is 30.3 Å². The van der Waals surface area contributed by atoms with Crippen LogP contribution < -0.4 is 10.6 Å². The molecule has 0 aliphatic carbocycles. The molecule has 0 amide bonds. The summed E-state index contributed by atoms with van der Waals surface area (Å²) in [6.45, 7) is 10.9.